The van der Waals surface area contributed by atoms with Crippen LogP contribution in [0.25, 0.3) is 0 Å². The van der Waals surface area contributed by atoms with E-state index in [1.54, 1.807) is 0 Å². The SMILES string of the molecule is O=C(O)c1ccc(C(=O)O)c(N2CC(CCl)CC2=O)c1. The van der Waals surface area contributed by atoms with Gasteiger partial charge in [-0.3, -0.25) is 4.79 Å². The minimum Gasteiger partial charge on any atom is -0.478 e. The van der Waals surface area contributed by atoms with Crippen molar-refractivity contribution in [2.45, 2.75) is 6.42 Å². The number of carbonyl (C=O) groups excluding carboxylic acids is 1. The van der Waals surface area contributed by atoms with Crippen molar-refractivity contribution in [2.24, 2.45) is 5.92 Å². The zero-order chi connectivity index (χ0) is 14.9. The summed E-state index contributed by atoms with van der Waals surface area (Å²) in [5, 5.41) is 18.1. The maximum Gasteiger partial charge on any atom is 0.337 e. The Labute approximate surface area is 119 Å². The molecular weight excluding hydrogens is 286 g/mol. The highest BCUT2D eigenvalue weighted by Crippen LogP contribution is 2.29. The maximum atomic E-state index is 11.9. The second kappa shape index (κ2) is 5.50. The van der Waals surface area contributed by atoms with Gasteiger partial charge in [-0.05, 0) is 24.1 Å². The molecule has 106 valence electrons. The predicted molar refractivity (Wildman–Crippen MR) is 71.5 cm³/mol. The van der Waals surface area contributed by atoms with E-state index in [4.69, 9.17) is 21.8 Å². The maximum absolute atomic E-state index is 11.9. The molecule has 0 spiro atoms. The summed E-state index contributed by atoms with van der Waals surface area (Å²) in [6, 6.07) is 3.61. The van der Waals surface area contributed by atoms with E-state index in [9.17, 15) is 14.4 Å². The van der Waals surface area contributed by atoms with Gasteiger partial charge in [0.25, 0.3) is 0 Å². The first-order valence-electron chi connectivity index (χ1n) is 5.91. The molecule has 1 aromatic rings. The van der Waals surface area contributed by atoms with Gasteiger partial charge in [0.05, 0.1) is 16.8 Å². The number of alkyl halides is 1. The molecule has 0 saturated carbocycles. The van der Waals surface area contributed by atoms with Crippen LogP contribution >= 0.6 is 11.6 Å². The number of hydrogen-bond donors (Lipinski definition) is 2. The molecule has 7 heteroatoms. The monoisotopic (exact) mass is 297 g/mol. The third-order valence-corrected chi connectivity index (χ3v) is 3.63. The van der Waals surface area contributed by atoms with Crippen LogP contribution in [0.4, 0.5) is 5.69 Å². The van der Waals surface area contributed by atoms with Gasteiger partial charge >= 0.3 is 11.9 Å². The zero-order valence-electron chi connectivity index (χ0n) is 10.4. The lowest BCUT2D eigenvalue weighted by Gasteiger charge is -2.19. The van der Waals surface area contributed by atoms with Crippen LogP contribution in [0.2, 0.25) is 0 Å². The van der Waals surface area contributed by atoms with Crippen molar-refractivity contribution < 1.29 is 24.6 Å². The fourth-order valence-corrected chi connectivity index (χ4v) is 2.39. The van der Waals surface area contributed by atoms with Crippen molar-refractivity contribution in [3.8, 4) is 0 Å². The van der Waals surface area contributed by atoms with Crippen molar-refractivity contribution >= 4 is 35.1 Å². The third-order valence-electron chi connectivity index (χ3n) is 3.19. The summed E-state index contributed by atoms with van der Waals surface area (Å²) in [4.78, 5) is 35.4. The summed E-state index contributed by atoms with van der Waals surface area (Å²) in [5.41, 5.74) is -0.0549. The van der Waals surface area contributed by atoms with Crippen molar-refractivity contribution in [1.82, 2.24) is 0 Å². The summed E-state index contributed by atoms with van der Waals surface area (Å²) >= 11 is 5.72. The molecule has 1 amide bonds. The number of halogens is 1. The van der Waals surface area contributed by atoms with Gasteiger partial charge in [0, 0.05) is 18.8 Å². The molecule has 1 aromatic carbocycles. The van der Waals surface area contributed by atoms with Crippen LogP contribution in [0.3, 0.4) is 0 Å². The first kappa shape index (κ1) is 14.3. The van der Waals surface area contributed by atoms with Crippen LogP contribution < -0.4 is 4.90 Å². The first-order valence-corrected chi connectivity index (χ1v) is 6.44. The molecule has 1 saturated heterocycles. The van der Waals surface area contributed by atoms with Gasteiger partial charge in [-0.2, -0.15) is 0 Å². The van der Waals surface area contributed by atoms with E-state index in [1.165, 1.54) is 23.1 Å². The molecule has 1 unspecified atom stereocenters. The Balaban J connectivity index is 2.47. The molecule has 0 radical (unpaired) electrons. The van der Waals surface area contributed by atoms with Crippen molar-refractivity contribution in [3.63, 3.8) is 0 Å². The Morgan fingerprint density at radius 2 is 2.00 bits per heavy atom. The molecule has 1 fully saturated rings. The number of hydrogen-bond acceptors (Lipinski definition) is 3. The molecule has 1 atom stereocenters. The van der Waals surface area contributed by atoms with Crippen LogP contribution in [0.5, 0.6) is 0 Å². The molecule has 2 rings (SSSR count). The normalized spacial score (nSPS) is 18.4. The predicted octanol–water partition coefficient (Wildman–Crippen LogP) is 1.67. The largest absolute Gasteiger partial charge is 0.478 e. The number of carboxylic acids is 2. The zero-order valence-corrected chi connectivity index (χ0v) is 11.1. The van der Waals surface area contributed by atoms with E-state index in [1.807, 2.05) is 0 Å². The van der Waals surface area contributed by atoms with E-state index >= 15 is 0 Å². The van der Waals surface area contributed by atoms with Crippen LogP contribution in [0.1, 0.15) is 27.1 Å². The highest BCUT2D eigenvalue weighted by Gasteiger charge is 2.32. The van der Waals surface area contributed by atoms with Gasteiger partial charge < -0.3 is 15.1 Å². The Morgan fingerprint density at radius 3 is 2.50 bits per heavy atom. The number of benzene rings is 1. The molecule has 2 N–H and O–H groups in total. The number of rotatable bonds is 4. The molecule has 1 aliphatic rings. The number of amides is 1. The molecule has 1 aliphatic heterocycles. The molecule has 0 bridgehead atoms. The Kier molecular flexibility index (Phi) is 3.94. The minimum absolute atomic E-state index is 0.0562. The molecule has 1 heterocycles. The highest BCUT2D eigenvalue weighted by atomic mass is 35.5. The second-order valence-electron chi connectivity index (χ2n) is 4.57. The first-order chi connectivity index (χ1) is 9.43. The van der Waals surface area contributed by atoms with Gasteiger partial charge in [-0.25, -0.2) is 9.59 Å². The Morgan fingerprint density at radius 1 is 1.30 bits per heavy atom. The van der Waals surface area contributed by atoms with Crippen LogP contribution in [0, 0.1) is 5.92 Å². The van der Waals surface area contributed by atoms with Gasteiger partial charge in [0.15, 0.2) is 0 Å². The standard InChI is InChI=1S/C13H12ClNO5/c14-5-7-3-11(16)15(6-7)10-4-8(12(17)18)1-2-9(10)13(19)20/h1-2,4,7H,3,5-6H2,(H,17,18)(H,19,20). The molecular formula is C13H12ClNO5. The molecule has 0 aromatic heterocycles. The summed E-state index contributed by atoms with van der Waals surface area (Å²) in [6.07, 6.45) is 0.236. The van der Waals surface area contributed by atoms with Crippen LogP contribution in [-0.4, -0.2) is 40.5 Å². The van der Waals surface area contributed by atoms with Crippen molar-refractivity contribution in [1.29, 1.82) is 0 Å². The van der Waals surface area contributed by atoms with Gasteiger partial charge in [-0.15, -0.1) is 11.6 Å². The lowest BCUT2D eigenvalue weighted by Crippen LogP contribution is -2.27. The summed E-state index contributed by atoms with van der Waals surface area (Å²) < 4.78 is 0. The van der Waals surface area contributed by atoms with E-state index < -0.39 is 11.9 Å². The van der Waals surface area contributed by atoms with E-state index in [0.717, 1.165) is 0 Å². The quantitative estimate of drug-likeness (QED) is 0.824. The van der Waals surface area contributed by atoms with Crippen molar-refractivity contribution in [3.05, 3.63) is 29.3 Å². The van der Waals surface area contributed by atoms with Crippen molar-refractivity contribution in [2.75, 3.05) is 17.3 Å². The molecule has 0 aliphatic carbocycles. The number of carboxylic acid groups (broad SMARTS) is 2. The van der Waals surface area contributed by atoms with Gasteiger partial charge in [-0.1, -0.05) is 0 Å². The average Bonchev–Trinajstić information content (AvgIpc) is 2.79. The lowest BCUT2D eigenvalue weighted by atomic mass is 10.1. The summed E-state index contributed by atoms with van der Waals surface area (Å²) in [6.45, 7) is 0.297. The number of nitrogens with zero attached hydrogens (tertiary/aromatic N) is 1. The van der Waals surface area contributed by atoms with E-state index in [2.05, 4.69) is 0 Å². The number of carbonyl (C=O) groups is 3. The second-order valence-corrected chi connectivity index (χ2v) is 4.88. The van der Waals surface area contributed by atoms with E-state index in [0.29, 0.717) is 12.4 Å². The fraction of sp³-hybridized carbons (Fsp3) is 0.308. The lowest BCUT2D eigenvalue weighted by molar-refractivity contribution is -0.117. The summed E-state index contributed by atoms with van der Waals surface area (Å²) in [5.74, 6) is -2.40. The Hall–Kier alpha value is -2.08. The summed E-state index contributed by atoms with van der Waals surface area (Å²) in [7, 11) is 0. The topological polar surface area (TPSA) is 94.9 Å². The van der Waals surface area contributed by atoms with Crippen LogP contribution in [-0.2, 0) is 4.79 Å². The highest BCUT2D eigenvalue weighted by molar-refractivity contribution is 6.18. The molecule has 20 heavy (non-hydrogen) atoms. The fourth-order valence-electron chi connectivity index (χ4n) is 2.19. The molecule has 6 nitrogen and oxygen atoms in total. The van der Waals surface area contributed by atoms with E-state index in [-0.39, 0.29) is 35.1 Å². The minimum atomic E-state index is -1.21. The van der Waals surface area contributed by atoms with Gasteiger partial charge in [0.2, 0.25) is 5.91 Å². The number of aromatic carboxylic acids is 2. The number of anilines is 1. The Bertz CT molecular complexity index is 586. The van der Waals surface area contributed by atoms with Gasteiger partial charge in [0.1, 0.15) is 0 Å². The average molecular weight is 298 g/mol. The smallest absolute Gasteiger partial charge is 0.337 e. The third kappa shape index (κ3) is 2.60. The van der Waals surface area contributed by atoms with Crippen LogP contribution in [0.15, 0.2) is 18.2 Å².